The summed E-state index contributed by atoms with van der Waals surface area (Å²) in [7, 11) is 0. The van der Waals surface area contributed by atoms with Gasteiger partial charge < -0.3 is 4.74 Å². The molecule has 0 unspecified atom stereocenters. The molecule has 2 aromatic rings. The van der Waals surface area contributed by atoms with E-state index in [0.29, 0.717) is 19.4 Å². The summed E-state index contributed by atoms with van der Waals surface area (Å²) in [4.78, 5) is 16.2. The zero-order valence-electron chi connectivity index (χ0n) is 12.4. The molecule has 0 fully saturated rings. The first-order valence-corrected chi connectivity index (χ1v) is 7.27. The fourth-order valence-corrected chi connectivity index (χ4v) is 2.37. The maximum absolute atomic E-state index is 12.2. The highest BCUT2D eigenvalue weighted by atomic mass is 16.5. The van der Waals surface area contributed by atoms with Crippen molar-refractivity contribution >= 4 is 17.3 Å². The maximum atomic E-state index is 12.2. The van der Waals surface area contributed by atoms with Gasteiger partial charge in [0.15, 0.2) is 0 Å². The highest BCUT2D eigenvalue weighted by Crippen LogP contribution is 2.24. The number of carbonyl (C=O) groups excluding carboxylic acids is 1. The maximum Gasteiger partial charge on any atom is 0.253 e. The number of hydrogen-bond donors (Lipinski definition) is 0. The molecular formula is C17H17N3O2. The standard InChI is InChI=1S/C17H17N3O2/c1-2-22-16-7-5-15(6-8-16)20-17(21)11-14(19-20)10-13-4-3-9-18-12-13/h3-9,12H,2,10-11H2,1H3. The van der Waals surface area contributed by atoms with Crippen molar-refractivity contribution in [3.63, 3.8) is 0 Å². The quantitative estimate of drug-likeness (QED) is 0.852. The van der Waals surface area contributed by atoms with Crippen molar-refractivity contribution in [2.45, 2.75) is 19.8 Å². The van der Waals surface area contributed by atoms with E-state index in [4.69, 9.17) is 4.74 Å². The summed E-state index contributed by atoms with van der Waals surface area (Å²) in [5, 5.41) is 5.90. The van der Waals surface area contributed by atoms with E-state index in [9.17, 15) is 4.79 Å². The van der Waals surface area contributed by atoms with Crippen molar-refractivity contribution < 1.29 is 9.53 Å². The lowest BCUT2D eigenvalue weighted by molar-refractivity contribution is -0.116. The molecule has 1 aliphatic rings. The van der Waals surface area contributed by atoms with Crippen LogP contribution in [0.5, 0.6) is 5.75 Å². The number of ether oxygens (including phenoxy) is 1. The van der Waals surface area contributed by atoms with Gasteiger partial charge in [-0.1, -0.05) is 6.07 Å². The molecule has 0 radical (unpaired) electrons. The second-order valence-corrected chi connectivity index (χ2v) is 5.01. The molecule has 2 heterocycles. The Morgan fingerprint density at radius 3 is 2.73 bits per heavy atom. The minimum absolute atomic E-state index is 0.0111. The number of aromatic nitrogens is 1. The van der Waals surface area contributed by atoms with E-state index in [1.807, 2.05) is 43.3 Å². The summed E-state index contributed by atoms with van der Waals surface area (Å²) in [6.45, 7) is 2.56. The molecule has 0 N–H and O–H groups in total. The molecule has 0 saturated heterocycles. The molecule has 1 aromatic heterocycles. The van der Waals surface area contributed by atoms with Crippen LogP contribution in [-0.2, 0) is 11.2 Å². The van der Waals surface area contributed by atoms with E-state index in [2.05, 4.69) is 10.1 Å². The lowest BCUT2D eigenvalue weighted by Crippen LogP contribution is -2.19. The molecule has 1 amide bonds. The lowest BCUT2D eigenvalue weighted by atomic mass is 10.1. The molecule has 1 aromatic carbocycles. The molecule has 3 rings (SSSR count). The summed E-state index contributed by atoms with van der Waals surface area (Å²) >= 11 is 0. The van der Waals surface area contributed by atoms with Gasteiger partial charge in [0, 0.05) is 18.8 Å². The van der Waals surface area contributed by atoms with Crippen molar-refractivity contribution in [2.24, 2.45) is 5.10 Å². The molecule has 0 aliphatic carbocycles. The molecule has 0 spiro atoms. The van der Waals surface area contributed by atoms with Crippen LogP contribution in [-0.4, -0.2) is 23.2 Å². The second kappa shape index (κ2) is 6.39. The van der Waals surface area contributed by atoms with E-state index in [0.717, 1.165) is 22.7 Å². The van der Waals surface area contributed by atoms with Crippen LogP contribution < -0.4 is 9.75 Å². The molecule has 22 heavy (non-hydrogen) atoms. The number of anilines is 1. The van der Waals surface area contributed by atoms with Crippen molar-refractivity contribution in [1.29, 1.82) is 0 Å². The Morgan fingerprint density at radius 2 is 2.05 bits per heavy atom. The van der Waals surface area contributed by atoms with Crippen LogP contribution in [0.2, 0.25) is 0 Å². The topological polar surface area (TPSA) is 54.8 Å². The summed E-state index contributed by atoms with van der Waals surface area (Å²) < 4.78 is 5.40. The zero-order chi connectivity index (χ0) is 15.4. The van der Waals surface area contributed by atoms with Gasteiger partial charge in [-0.3, -0.25) is 9.78 Å². The largest absolute Gasteiger partial charge is 0.494 e. The third kappa shape index (κ3) is 3.14. The van der Waals surface area contributed by atoms with Gasteiger partial charge in [-0.2, -0.15) is 5.10 Å². The molecule has 112 valence electrons. The van der Waals surface area contributed by atoms with Crippen LogP contribution >= 0.6 is 0 Å². The average molecular weight is 295 g/mol. The summed E-state index contributed by atoms with van der Waals surface area (Å²) in [5.74, 6) is 0.778. The number of hydrogen-bond acceptors (Lipinski definition) is 4. The SMILES string of the molecule is CCOc1ccc(N2N=C(Cc3cccnc3)CC2=O)cc1. The third-order valence-corrected chi connectivity index (χ3v) is 3.36. The van der Waals surface area contributed by atoms with Gasteiger partial charge in [-0.05, 0) is 42.8 Å². The van der Waals surface area contributed by atoms with Gasteiger partial charge in [0.2, 0.25) is 0 Å². The van der Waals surface area contributed by atoms with E-state index < -0.39 is 0 Å². The predicted octanol–water partition coefficient (Wildman–Crippen LogP) is 2.82. The fourth-order valence-electron chi connectivity index (χ4n) is 2.37. The molecule has 5 nitrogen and oxygen atoms in total. The van der Waals surface area contributed by atoms with Gasteiger partial charge >= 0.3 is 0 Å². The molecule has 5 heteroatoms. The molecule has 0 saturated carbocycles. The molecular weight excluding hydrogens is 278 g/mol. The van der Waals surface area contributed by atoms with E-state index in [-0.39, 0.29) is 5.91 Å². The average Bonchev–Trinajstić information content (AvgIpc) is 2.90. The minimum Gasteiger partial charge on any atom is -0.494 e. The van der Waals surface area contributed by atoms with Crippen LogP contribution in [0, 0.1) is 0 Å². The van der Waals surface area contributed by atoms with Crippen molar-refractivity contribution in [3.05, 3.63) is 54.4 Å². The van der Waals surface area contributed by atoms with Crippen LogP contribution in [0.1, 0.15) is 18.9 Å². The molecule has 0 atom stereocenters. The van der Waals surface area contributed by atoms with Crippen molar-refractivity contribution in [2.75, 3.05) is 11.6 Å². The Labute approximate surface area is 129 Å². The highest BCUT2D eigenvalue weighted by Gasteiger charge is 2.25. The first kappa shape index (κ1) is 14.3. The molecule has 1 aliphatic heterocycles. The normalized spacial score (nSPS) is 14.1. The zero-order valence-corrected chi connectivity index (χ0v) is 12.4. The predicted molar refractivity (Wildman–Crippen MR) is 85.1 cm³/mol. The third-order valence-electron chi connectivity index (χ3n) is 3.36. The number of nitrogens with zero attached hydrogens (tertiary/aromatic N) is 3. The van der Waals surface area contributed by atoms with Crippen molar-refractivity contribution in [1.82, 2.24) is 4.98 Å². The lowest BCUT2D eigenvalue weighted by Gasteiger charge is -2.12. The Kier molecular flexibility index (Phi) is 4.14. The summed E-state index contributed by atoms with van der Waals surface area (Å²) in [6, 6.07) is 11.3. The van der Waals surface area contributed by atoms with Crippen molar-refractivity contribution in [3.8, 4) is 5.75 Å². The van der Waals surface area contributed by atoms with Gasteiger partial charge in [-0.15, -0.1) is 0 Å². The minimum atomic E-state index is -0.0111. The van der Waals surface area contributed by atoms with Crippen LogP contribution in [0.4, 0.5) is 5.69 Å². The second-order valence-electron chi connectivity index (χ2n) is 5.01. The van der Waals surface area contributed by atoms with E-state index in [1.54, 1.807) is 12.4 Å². The summed E-state index contributed by atoms with van der Waals surface area (Å²) in [6.07, 6.45) is 4.53. The number of rotatable bonds is 5. The van der Waals surface area contributed by atoms with Crippen LogP contribution in [0.3, 0.4) is 0 Å². The smallest absolute Gasteiger partial charge is 0.253 e. The Bertz CT molecular complexity index is 681. The Hall–Kier alpha value is -2.69. The fraction of sp³-hybridized carbons (Fsp3) is 0.235. The number of carbonyl (C=O) groups is 1. The first-order valence-electron chi connectivity index (χ1n) is 7.27. The van der Waals surface area contributed by atoms with E-state index >= 15 is 0 Å². The highest BCUT2D eigenvalue weighted by molar-refractivity contribution is 6.13. The monoisotopic (exact) mass is 295 g/mol. The number of hydrazone groups is 1. The van der Waals surface area contributed by atoms with Gasteiger partial charge in [0.05, 0.1) is 24.4 Å². The number of pyridine rings is 1. The Balaban J connectivity index is 1.75. The van der Waals surface area contributed by atoms with Crippen LogP contribution in [0.15, 0.2) is 53.9 Å². The summed E-state index contributed by atoms with van der Waals surface area (Å²) in [5.41, 5.74) is 2.67. The van der Waals surface area contributed by atoms with E-state index in [1.165, 1.54) is 5.01 Å². The Morgan fingerprint density at radius 1 is 1.23 bits per heavy atom. The van der Waals surface area contributed by atoms with Gasteiger partial charge in [0.25, 0.3) is 5.91 Å². The first-order chi connectivity index (χ1) is 10.8. The number of benzene rings is 1. The van der Waals surface area contributed by atoms with Crippen LogP contribution in [0.25, 0.3) is 0 Å². The number of amides is 1. The van der Waals surface area contributed by atoms with Gasteiger partial charge in [-0.25, -0.2) is 5.01 Å². The van der Waals surface area contributed by atoms with Gasteiger partial charge in [0.1, 0.15) is 5.75 Å². The molecule has 0 bridgehead atoms.